The van der Waals surface area contributed by atoms with Crippen LogP contribution in [0.5, 0.6) is 0 Å². The molecule has 1 aromatic carbocycles. The first-order chi connectivity index (χ1) is 14.4. The van der Waals surface area contributed by atoms with Crippen molar-refractivity contribution < 1.29 is 18.8 Å². The van der Waals surface area contributed by atoms with Gasteiger partial charge in [-0.1, -0.05) is 26.0 Å². The fraction of sp³-hybridized carbons (Fsp3) is 0.238. The summed E-state index contributed by atoms with van der Waals surface area (Å²) >= 11 is 1.24. The predicted molar refractivity (Wildman–Crippen MR) is 114 cm³/mol. The summed E-state index contributed by atoms with van der Waals surface area (Å²) in [6.45, 7) is 4.03. The van der Waals surface area contributed by atoms with Crippen molar-refractivity contribution in [3.05, 3.63) is 65.1 Å². The van der Waals surface area contributed by atoms with Crippen molar-refractivity contribution in [1.82, 2.24) is 10.3 Å². The molecule has 0 saturated carbocycles. The number of amides is 3. The summed E-state index contributed by atoms with van der Waals surface area (Å²) in [6.07, 6.45) is 1.53. The van der Waals surface area contributed by atoms with E-state index in [9.17, 15) is 14.4 Å². The third kappa shape index (κ3) is 6.02. The highest BCUT2D eigenvalue weighted by Gasteiger charge is 2.13. The molecule has 2 heterocycles. The first-order valence-corrected chi connectivity index (χ1v) is 10.2. The number of nitrogens with one attached hydrogen (secondary N) is 3. The number of furan rings is 1. The monoisotopic (exact) mass is 426 g/mol. The first-order valence-electron chi connectivity index (χ1n) is 9.36. The molecule has 3 N–H and O–H groups in total. The van der Waals surface area contributed by atoms with Crippen LogP contribution in [0.2, 0.25) is 0 Å². The molecule has 0 saturated heterocycles. The van der Waals surface area contributed by atoms with Crippen LogP contribution >= 0.6 is 11.3 Å². The molecule has 3 rings (SSSR count). The van der Waals surface area contributed by atoms with Crippen LogP contribution in [0.1, 0.15) is 35.7 Å². The van der Waals surface area contributed by atoms with Crippen LogP contribution in [-0.2, 0) is 22.6 Å². The molecule has 2 aromatic heterocycles. The Hall–Kier alpha value is -3.46. The highest BCUT2D eigenvalue weighted by Crippen LogP contribution is 2.17. The maximum absolute atomic E-state index is 12.2. The summed E-state index contributed by atoms with van der Waals surface area (Å²) in [7, 11) is 0. The van der Waals surface area contributed by atoms with Crippen molar-refractivity contribution in [2.45, 2.75) is 26.8 Å². The Balaban J connectivity index is 1.45. The minimum absolute atomic E-state index is 0.0426. The molecule has 0 atom stereocenters. The average molecular weight is 426 g/mol. The lowest BCUT2D eigenvalue weighted by molar-refractivity contribution is -0.120. The van der Waals surface area contributed by atoms with Gasteiger partial charge in [0.1, 0.15) is 0 Å². The van der Waals surface area contributed by atoms with E-state index in [2.05, 4.69) is 20.9 Å². The Morgan fingerprint density at radius 2 is 1.87 bits per heavy atom. The molecule has 30 heavy (non-hydrogen) atoms. The third-order valence-corrected chi connectivity index (χ3v) is 4.90. The smallest absolute Gasteiger partial charge is 0.293 e. The van der Waals surface area contributed by atoms with Crippen molar-refractivity contribution in [3.8, 4) is 0 Å². The van der Waals surface area contributed by atoms with Crippen LogP contribution in [0.15, 0.2) is 52.5 Å². The van der Waals surface area contributed by atoms with Crippen molar-refractivity contribution in [2.24, 2.45) is 5.92 Å². The van der Waals surface area contributed by atoms with Gasteiger partial charge in [0.2, 0.25) is 11.8 Å². The zero-order valence-corrected chi connectivity index (χ0v) is 17.4. The Labute approximate surface area is 177 Å². The van der Waals surface area contributed by atoms with Crippen molar-refractivity contribution >= 4 is 39.9 Å². The van der Waals surface area contributed by atoms with Crippen LogP contribution in [0.3, 0.4) is 0 Å². The van der Waals surface area contributed by atoms with Gasteiger partial charge in [0, 0.05) is 23.5 Å². The van der Waals surface area contributed by atoms with Crippen molar-refractivity contribution in [3.63, 3.8) is 0 Å². The molecule has 0 aliphatic heterocycles. The molecule has 0 unspecified atom stereocenters. The largest absolute Gasteiger partial charge is 0.459 e. The molecule has 156 valence electrons. The molecule has 3 amide bonds. The average Bonchev–Trinajstić information content (AvgIpc) is 3.40. The molecule has 0 fully saturated rings. The fourth-order valence-corrected chi connectivity index (χ4v) is 3.14. The molecule has 0 spiro atoms. The first kappa shape index (κ1) is 21.3. The molecular weight excluding hydrogens is 404 g/mol. The number of carbonyl (C=O) groups excluding carboxylic acids is 3. The second kappa shape index (κ2) is 9.84. The van der Waals surface area contributed by atoms with Crippen molar-refractivity contribution in [1.29, 1.82) is 0 Å². The summed E-state index contributed by atoms with van der Waals surface area (Å²) in [6, 6.07) is 10.5. The Morgan fingerprint density at radius 3 is 2.53 bits per heavy atom. The number of carbonyl (C=O) groups is 3. The van der Waals surface area contributed by atoms with Crippen molar-refractivity contribution in [2.75, 3.05) is 10.6 Å². The SMILES string of the molecule is CC(C)C(=O)Nc1ccc(CNC(=O)Cc2csc(NC(=O)c3ccco3)n2)cc1. The highest BCUT2D eigenvalue weighted by molar-refractivity contribution is 7.14. The van der Waals surface area contributed by atoms with Gasteiger partial charge in [0.25, 0.3) is 5.91 Å². The fourth-order valence-electron chi connectivity index (χ4n) is 2.43. The van der Waals surface area contributed by atoms with E-state index in [0.717, 1.165) is 11.3 Å². The standard InChI is InChI=1S/C21H22N4O4S/c1-13(2)19(27)23-15-7-5-14(6-8-15)11-22-18(26)10-16-12-30-21(24-16)25-20(28)17-4-3-9-29-17/h3-9,12-13H,10-11H2,1-2H3,(H,22,26)(H,23,27)(H,24,25,28). The lowest BCUT2D eigenvalue weighted by atomic mass is 10.1. The lowest BCUT2D eigenvalue weighted by Crippen LogP contribution is -2.24. The summed E-state index contributed by atoms with van der Waals surface area (Å²) in [5.41, 5.74) is 2.20. The zero-order chi connectivity index (χ0) is 21.5. The number of nitrogens with zero attached hydrogens (tertiary/aromatic N) is 1. The Kier molecular flexibility index (Phi) is 6.97. The van der Waals surface area contributed by atoms with E-state index in [1.54, 1.807) is 29.6 Å². The minimum atomic E-state index is -0.390. The number of hydrogen-bond acceptors (Lipinski definition) is 6. The van der Waals surface area contributed by atoms with Gasteiger partial charge in [-0.3, -0.25) is 19.7 Å². The summed E-state index contributed by atoms with van der Waals surface area (Å²) in [5.74, 6) is -0.508. The van der Waals surface area contributed by atoms with Crippen LogP contribution in [0.25, 0.3) is 0 Å². The minimum Gasteiger partial charge on any atom is -0.459 e. The van der Waals surface area contributed by atoms with E-state index in [1.807, 2.05) is 26.0 Å². The van der Waals surface area contributed by atoms with Gasteiger partial charge in [0.15, 0.2) is 10.9 Å². The molecule has 3 aromatic rings. The van der Waals surface area contributed by atoms with Crippen LogP contribution in [0, 0.1) is 5.92 Å². The van der Waals surface area contributed by atoms with E-state index in [0.29, 0.717) is 17.4 Å². The topological polar surface area (TPSA) is 113 Å². The van der Waals surface area contributed by atoms with Crippen LogP contribution < -0.4 is 16.0 Å². The summed E-state index contributed by atoms with van der Waals surface area (Å²) < 4.78 is 5.03. The number of thiazole rings is 1. The lowest BCUT2D eigenvalue weighted by Gasteiger charge is -2.09. The Bertz CT molecular complexity index is 1010. The number of hydrogen-bond donors (Lipinski definition) is 3. The van der Waals surface area contributed by atoms with Gasteiger partial charge in [-0.25, -0.2) is 4.98 Å². The van der Waals surface area contributed by atoms with Crippen LogP contribution in [-0.4, -0.2) is 22.7 Å². The van der Waals surface area contributed by atoms with E-state index < -0.39 is 5.91 Å². The second-order valence-corrected chi connectivity index (χ2v) is 7.73. The van der Waals surface area contributed by atoms with Gasteiger partial charge in [0.05, 0.1) is 18.4 Å². The number of aromatic nitrogens is 1. The summed E-state index contributed by atoms with van der Waals surface area (Å²) in [5, 5.41) is 10.4. The maximum atomic E-state index is 12.2. The third-order valence-electron chi connectivity index (χ3n) is 4.09. The van der Waals surface area contributed by atoms with E-state index >= 15 is 0 Å². The normalized spacial score (nSPS) is 10.6. The number of benzene rings is 1. The van der Waals surface area contributed by atoms with E-state index in [4.69, 9.17) is 4.42 Å². The molecule has 0 radical (unpaired) electrons. The van der Waals surface area contributed by atoms with Gasteiger partial charge < -0.3 is 15.1 Å². The van der Waals surface area contributed by atoms with Gasteiger partial charge in [-0.15, -0.1) is 11.3 Å². The van der Waals surface area contributed by atoms with E-state index in [-0.39, 0.29) is 29.9 Å². The Morgan fingerprint density at radius 1 is 1.10 bits per heavy atom. The van der Waals surface area contributed by atoms with Gasteiger partial charge in [-0.2, -0.15) is 0 Å². The zero-order valence-electron chi connectivity index (χ0n) is 16.6. The molecule has 0 aliphatic carbocycles. The maximum Gasteiger partial charge on any atom is 0.293 e. The number of rotatable bonds is 8. The number of anilines is 2. The highest BCUT2D eigenvalue weighted by atomic mass is 32.1. The van der Waals surface area contributed by atoms with Gasteiger partial charge in [-0.05, 0) is 29.8 Å². The van der Waals surface area contributed by atoms with E-state index in [1.165, 1.54) is 17.6 Å². The molecule has 0 bridgehead atoms. The van der Waals surface area contributed by atoms with Crippen LogP contribution in [0.4, 0.5) is 10.8 Å². The van der Waals surface area contributed by atoms with Gasteiger partial charge >= 0.3 is 0 Å². The molecule has 8 nitrogen and oxygen atoms in total. The molecule has 9 heteroatoms. The predicted octanol–water partition coefficient (Wildman–Crippen LogP) is 3.44. The quantitative estimate of drug-likeness (QED) is 0.511. The summed E-state index contributed by atoms with van der Waals surface area (Å²) in [4.78, 5) is 40.1. The molecular formula is C21H22N4O4S. The second-order valence-electron chi connectivity index (χ2n) is 6.87. The molecule has 0 aliphatic rings.